The minimum absolute atomic E-state index is 0.212. The van der Waals surface area contributed by atoms with Crippen LogP contribution >= 0.6 is 0 Å². The number of anilines is 3. The number of hydrogen-bond acceptors (Lipinski definition) is 3. The third kappa shape index (κ3) is 4.44. The maximum Gasteiger partial charge on any atom is 0.143 e. The first kappa shape index (κ1) is 12.8. The Bertz CT molecular complexity index is 4150. The molecular formula is C46H29NO2. The number of para-hydroxylation sites is 2. The summed E-state index contributed by atoms with van der Waals surface area (Å²) in [5, 5.41) is -2.84. The average Bonchev–Trinajstić information content (AvgIpc) is 3.97. The number of fused-ring (bicyclic) bond motifs is 8. The topological polar surface area (TPSA) is 29.5 Å². The summed E-state index contributed by atoms with van der Waals surface area (Å²) in [5.41, 5.74) is -6.45. The quantitative estimate of drug-likeness (QED) is 0.185. The lowest BCUT2D eigenvalue weighted by molar-refractivity contribution is 0.670. The fraction of sp³-hybridized carbons (Fsp3) is 0. The molecule has 10 aromatic rings. The van der Waals surface area contributed by atoms with Crippen LogP contribution in [-0.2, 0) is 0 Å². The normalized spacial score (nSPS) is 18.5. The predicted molar refractivity (Wildman–Crippen MR) is 204 cm³/mol. The van der Waals surface area contributed by atoms with E-state index in [1.165, 1.54) is 12.1 Å². The molecule has 0 spiro atoms. The van der Waals surface area contributed by atoms with E-state index < -0.39 is 222 Å². The molecule has 0 unspecified atom stereocenters. The molecule has 2 heterocycles. The number of benzene rings is 8. The standard InChI is InChI=1S/C46H29NO2/c1-2-10-30(11-3-1)31-20-25-34(26-21-31)47(41-17-9-19-43-44(41)40-29-24-32-12-4-5-13-36(32)46(40)49-43)35-27-22-33(23-28-35)37-15-8-16-39-38-14-6-7-18-42(38)48-45(37)39/h1-29H/i4D,5D,6D,7D,8D,9D,12D,13D,14D,15D,16D,17D,18D,19D,20D,21D,22D,23D,24D,25D,26D,27D,28D,29D. The Labute approximate surface area is 316 Å². The van der Waals surface area contributed by atoms with Crippen LogP contribution in [0.3, 0.4) is 0 Å². The summed E-state index contributed by atoms with van der Waals surface area (Å²) in [6, 6.07) is -12.7. The molecule has 0 aliphatic carbocycles. The van der Waals surface area contributed by atoms with Crippen molar-refractivity contribution in [2.75, 3.05) is 4.90 Å². The first-order valence-corrected chi connectivity index (χ1v) is 14.6. The molecule has 230 valence electrons. The SMILES string of the molecule is [2H]c1c([2H])c(N(c2c([2H])c([2H])c(-c3c([2H])c([2H])c([2H])c4c3oc3c([2H])c([2H])c([2H])c([2H])c34)c([2H])c2[2H])c2c([2H])c([2H])c([2H])c3oc4c5c([2H])c([2H])c([2H])c([2H])c5c([2H])c([2H])c4c23)c([2H])c([2H])c1-c1ccccc1. The molecule has 3 heteroatoms. The third-order valence-corrected chi connectivity index (χ3v) is 7.87. The van der Waals surface area contributed by atoms with Crippen LogP contribution in [0.15, 0.2) is 184 Å². The molecule has 10 rings (SSSR count). The maximum absolute atomic E-state index is 9.71. The number of hydrogen-bond donors (Lipinski definition) is 0. The second-order valence-corrected chi connectivity index (χ2v) is 10.6. The summed E-state index contributed by atoms with van der Waals surface area (Å²) in [5.74, 6) is 0. The first-order chi connectivity index (χ1) is 34.3. The zero-order chi connectivity index (χ0) is 53.2. The van der Waals surface area contributed by atoms with E-state index >= 15 is 0 Å². The number of furan rings is 2. The van der Waals surface area contributed by atoms with Crippen molar-refractivity contribution >= 4 is 71.7 Å². The van der Waals surface area contributed by atoms with Crippen molar-refractivity contribution in [3.8, 4) is 22.3 Å². The van der Waals surface area contributed by atoms with E-state index in [0.29, 0.717) is 4.90 Å². The summed E-state index contributed by atoms with van der Waals surface area (Å²) in [6.45, 7) is 0. The highest BCUT2D eigenvalue weighted by Gasteiger charge is 2.21. The van der Waals surface area contributed by atoms with E-state index in [9.17, 15) is 13.7 Å². The lowest BCUT2D eigenvalue weighted by atomic mass is 10.0. The molecule has 0 N–H and O–H groups in total. The van der Waals surface area contributed by atoms with Gasteiger partial charge < -0.3 is 13.7 Å². The smallest absolute Gasteiger partial charge is 0.143 e. The summed E-state index contributed by atoms with van der Waals surface area (Å²) < 4.78 is 229. The summed E-state index contributed by atoms with van der Waals surface area (Å²) in [6.07, 6.45) is 0. The van der Waals surface area contributed by atoms with E-state index in [1.807, 2.05) is 0 Å². The van der Waals surface area contributed by atoms with Gasteiger partial charge in [0.25, 0.3) is 0 Å². The van der Waals surface area contributed by atoms with Gasteiger partial charge in [-0.15, -0.1) is 0 Å². The fourth-order valence-corrected chi connectivity index (χ4v) is 5.67. The van der Waals surface area contributed by atoms with Crippen molar-refractivity contribution in [1.82, 2.24) is 0 Å². The van der Waals surface area contributed by atoms with Gasteiger partial charge in [-0.3, -0.25) is 0 Å². The molecule has 2 aromatic heterocycles. The third-order valence-electron chi connectivity index (χ3n) is 7.87. The van der Waals surface area contributed by atoms with Gasteiger partial charge in [-0.2, -0.15) is 0 Å². The molecule has 0 aliphatic heterocycles. The second-order valence-electron chi connectivity index (χ2n) is 10.6. The maximum atomic E-state index is 9.71. The lowest BCUT2D eigenvalue weighted by Crippen LogP contribution is -2.10. The minimum atomic E-state index is -1.12. The first-order valence-electron chi connectivity index (χ1n) is 26.6. The molecule has 0 bridgehead atoms. The van der Waals surface area contributed by atoms with Crippen LogP contribution in [0.25, 0.3) is 76.9 Å². The Morgan fingerprint density at radius 2 is 1.08 bits per heavy atom. The molecule has 0 aliphatic rings. The van der Waals surface area contributed by atoms with Gasteiger partial charge in [-0.1, -0.05) is 127 Å². The van der Waals surface area contributed by atoms with Crippen LogP contribution in [0.5, 0.6) is 0 Å². The number of nitrogens with zero attached hydrogens (tertiary/aromatic N) is 1. The molecule has 3 nitrogen and oxygen atoms in total. The predicted octanol–water partition coefficient (Wildman–Crippen LogP) is 13.4. The van der Waals surface area contributed by atoms with Gasteiger partial charge in [0.1, 0.15) is 22.3 Å². The van der Waals surface area contributed by atoms with Gasteiger partial charge in [-0.05, 0) is 70.4 Å². The highest BCUT2D eigenvalue weighted by atomic mass is 16.3. The van der Waals surface area contributed by atoms with Gasteiger partial charge in [0.05, 0.1) is 44.0 Å². The van der Waals surface area contributed by atoms with Crippen molar-refractivity contribution in [1.29, 1.82) is 0 Å². The second kappa shape index (κ2) is 11.0. The fourth-order valence-electron chi connectivity index (χ4n) is 5.67. The van der Waals surface area contributed by atoms with Gasteiger partial charge in [0.15, 0.2) is 0 Å². The molecule has 0 saturated heterocycles. The summed E-state index contributed by atoms with van der Waals surface area (Å²) in [7, 11) is 0. The van der Waals surface area contributed by atoms with Gasteiger partial charge in [0, 0.05) is 38.5 Å². The van der Waals surface area contributed by atoms with E-state index in [0.717, 1.165) is 0 Å². The van der Waals surface area contributed by atoms with E-state index in [1.54, 1.807) is 18.2 Å². The van der Waals surface area contributed by atoms with Crippen molar-refractivity contribution < 1.29 is 41.7 Å². The molecule has 0 radical (unpaired) electrons. The van der Waals surface area contributed by atoms with Crippen LogP contribution in [-0.4, -0.2) is 0 Å². The Kier molecular flexibility index (Phi) is 2.87. The molecule has 0 atom stereocenters. The molecule has 8 aromatic carbocycles. The Hall–Kier alpha value is -6.58. The van der Waals surface area contributed by atoms with Gasteiger partial charge in [0.2, 0.25) is 0 Å². The summed E-state index contributed by atoms with van der Waals surface area (Å²) in [4.78, 5) is 0.593. The Balaban J connectivity index is 1.41. The highest BCUT2D eigenvalue weighted by molar-refractivity contribution is 6.19. The van der Waals surface area contributed by atoms with Crippen LogP contribution in [0.1, 0.15) is 32.9 Å². The van der Waals surface area contributed by atoms with Crippen molar-refractivity contribution in [2.24, 2.45) is 0 Å². The van der Waals surface area contributed by atoms with Gasteiger partial charge >= 0.3 is 0 Å². The van der Waals surface area contributed by atoms with Gasteiger partial charge in [-0.25, -0.2) is 0 Å². The van der Waals surface area contributed by atoms with Crippen LogP contribution in [0.2, 0.25) is 0 Å². The average molecular weight is 652 g/mol. The lowest BCUT2D eigenvalue weighted by Gasteiger charge is -2.26. The number of rotatable bonds is 5. The van der Waals surface area contributed by atoms with Crippen LogP contribution < -0.4 is 4.90 Å². The largest absolute Gasteiger partial charge is 0.455 e. The molecular weight excluding hydrogens is 599 g/mol. The zero-order valence-corrected chi connectivity index (χ0v) is 24.7. The highest BCUT2D eigenvalue weighted by Crippen LogP contribution is 2.45. The minimum Gasteiger partial charge on any atom is -0.455 e. The monoisotopic (exact) mass is 651 g/mol. The molecule has 0 fully saturated rings. The van der Waals surface area contributed by atoms with Crippen molar-refractivity contribution in [3.63, 3.8) is 0 Å². The van der Waals surface area contributed by atoms with E-state index in [-0.39, 0.29) is 16.5 Å². The van der Waals surface area contributed by atoms with Crippen molar-refractivity contribution in [2.45, 2.75) is 0 Å². The Morgan fingerprint density at radius 1 is 0.429 bits per heavy atom. The van der Waals surface area contributed by atoms with E-state index in [2.05, 4.69) is 0 Å². The van der Waals surface area contributed by atoms with Crippen molar-refractivity contribution in [3.05, 3.63) is 175 Å². The van der Waals surface area contributed by atoms with Crippen LogP contribution in [0.4, 0.5) is 17.1 Å². The van der Waals surface area contributed by atoms with E-state index in [4.69, 9.17) is 28.0 Å². The molecule has 0 amide bonds. The summed E-state index contributed by atoms with van der Waals surface area (Å²) >= 11 is 0. The zero-order valence-electron chi connectivity index (χ0n) is 48.7. The Morgan fingerprint density at radius 3 is 1.90 bits per heavy atom. The van der Waals surface area contributed by atoms with Crippen LogP contribution in [0, 0.1) is 0 Å². The molecule has 49 heavy (non-hydrogen) atoms. The molecule has 0 saturated carbocycles.